The number of benzene rings is 1. The highest BCUT2D eigenvalue weighted by Gasteiger charge is 2.17. The Balaban J connectivity index is 2.31. The van der Waals surface area contributed by atoms with Crippen molar-refractivity contribution < 1.29 is 9.21 Å². The normalized spacial score (nSPS) is 10.4. The molecule has 1 amide bonds. The summed E-state index contributed by atoms with van der Waals surface area (Å²) in [5.41, 5.74) is 7.98. The van der Waals surface area contributed by atoms with E-state index in [4.69, 9.17) is 10.2 Å². The van der Waals surface area contributed by atoms with Gasteiger partial charge in [-0.1, -0.05) is 18.2 Å². The first-order chi connectivity index (χ1) is 8.63. The molecule has 0 aliphatic rings. The van der Waals surface area contributed by atoms with E-state index in [1.54, 1.807) is 18.0 Å². The van der Waals surface area contributed by atoms with Crippen LogP contribution >= 0.6 is 0 Å². The van der Waals surface area contributed by atoms with Gasteiger partial charge in [0.15, 0.2) is 0 Å². The molecule has 0 aliphatic carbocycles. The number of nitrogens with two attached hydrogens (primary N) is 1. The van der Waals surface area contributed by atoms with Crippen LogP contribution in [0.15, 0.2) is 41.0 Å². The van der Waals surface area contributed by atoms with Crippen LogP contribution in [-0.2, 0) is 6.54 Å². The second kappa shape index (κ2) is 5.06. The molecule has 18 heavy (non-hydrogen) atoms. The lowest BCUT2D eigenvalue weighted by atomic mass is 10.1. The van der Waals surface area contributed by atoms with Gasteiger partial charge in [-0.2, -0.15) is 0 Å². The number of carbonyl (C=O) groups is 1. The Bertz CT molecular complexity index is 560. The molecule has 0 bridgehead atoms. The lowest BCUT2D eigenvalue weighted by molar-refractivity contribution is 0.0992. The third-order valence-corrected chi connectivity index (χ3v) is 2.86. The van der Waals surface area contributed by atoms with Gasteiger partial charge in [-0.15, -0.1) is 0 Å². The van der Waals surface area contributed by atoms with E-state index in [0.717, 1.165) is 17.0 Å². The predicted molar refractivity (Wildman–Crippen MR) is 70.5 cm³/mol. The topological polar surface area (TPSA) is 59.5 Å². The van der Waals surface area contributed by atoms with Crippen LogP contribution in [0.5, 0.6) is 0 Å². The zero-order chi connectivity index (χ0) is 13.1. The third kappa shape index (κ3) is 2.28. The summed E-state index contributed by atoms with van der Waals surface area (Å²) in [5, 5.41) is 0. The summed E-state index contributed by atoms with van der Waals surface area (Å²) in [6, 6.07) is 9.32. The second-order valence-electron chi connectivity index (χ2n) is 4.14. The van der Waals surface area contributed by atoms with Crippen molar-refractivity contribution in [3.05, 3.63) is 53.5 Å². The van der Waals surface area contributed by atoms with E-state index in [2.05, 4.69) is 0 Å². The van der Waals surface area contributed by atoms with Gasteiger partial charge in [-0.3, -0.25) is 4.79 Å². The molecule has 94 valence electrons. The Kier molecular flexibility index (Phi) is 3.48. The van der Waals surface area contributed by atoms with Crippen molar-refractivity contribution in [2.75, 3.05) is 11.9 Å². The van der Waals surface area contributed by atoms with E-state index in [9.17, 15) is 4.79 Å². The van der Waals surface area contributed by atoms with Crippen LogP contribution in [0.1, 0.15) is 21.7 Å². The number of rotatable bonds is 3. The van der Waals surface area contributed by atoms with Gasteiger partial charge in [0.2, 0.25) is 0 Å². The number of nitrogens with zero attached hydrogens (tertiary/aromatic N) is 1. The molecule has 0 unspecified atom stereocenters. The molecule has 0 saturated heterocycles. The van der Waals surface area contributed by atoms with Gasteiger partial charge in [0.05, 0.1) is 5.56 Å². The maximum atomic E-state index is 12.3. The van der Waals surface area contributed by atoms with Gasteiger partial charge in [-0.05, 0) is 24.6 Å². The molecular weight excluding hydrogens is 228 g/mol. The van der Waals surface area contributed by atoms with Gasteiger partial charge < -0.3 is 15.1 Å². The van der Waals surface area contributed by atoms with Crippen LogP contribution in [-0.4, -0.2) is 13.0 Å². The first kappa shape index (κ1) is 12.4. The van der Waals surface area contributed by atoms with Crippen LogP contribution in [0.2, 0.25) is 0 Å². The van der Waals surface area contributed by atoms with Gasteiger partial charge in [0.1, 0.15) is 12.0 Å². The lowest BCUT2D eigenvalue weighted by Gasteiger charge is -2.19. The van der Waals surface area contributed by atoms with Crippen LogP contribution in [0.3, 0.4) is 0 Å². The Morgan fingerprint density at radius 2 is 2.11 bits per heavy atom. The maximum absolute atomic E-state index is 12.3. The molecule has 0 saturated carbocycles. The first-order valence-electron chi connectivity index (χ1n) is 5.74. The summed E-state index contributed by atoms with van der Waals surface area (Å²) in [7, 11) is 1.74. The molecule has 0 atom stereocenters. The Labute approximate surface area is 106 Å². The highest BCUT2D eigenvalue weighted by atomic mass is 16.3. The molecule has 0 aliphatic heterocycles. The van der Waals surface area contributed by atoms with Crippen molar-refractivity contribution in [2.24, 2.45) is 5.73 Å². The molecule has 2 rings (SSSR count). The number of aryl methyl sites for hydroxylation is 1. The van der Waals surface area contributed by atoms with E-state index < -0.39 is 0 Å². The molecule has 4 heteroatoms. The molecule has 0 spiro atoms. The Morgan fingerprint density at radius 3 is 2.72 bits per heavy atom. The number of anilines is 1. The average Bonchev–Trinajstić information content (AvgIpc) is 2.83. The zero-order valence-corrected chi connectivity index (χ0v) is 10.5. The van der Waals surface area contributed by atoms with Gasteiger partial charge in [0, 0.05) is 19.3 Å². The van der Waals surface area contributed by atoms with Crippen molar-refractivity contribution in [3.63, 3.8) is 0 Å². The lowest BCUT2D eigenvalue weighted by Crippen LogP contribution is -2.27. The molecule has 0 radical (unpaired) electrons. The molecule has 2 N–H and O–H groups in total. The fourth-order valence-corrected chi connectivity index (χ4v) is 1.87. The van der Waals surface area contributed by atoms with Crippen molar-refractivity contribution in [2.45, 2.75) is 13.5 Å². The van der Waals surface area contributed by atoms with Crippen LogP contribution in [0, 0.1) is 6.92 Å². The zero-order valence-electron chi connectivity index (χ0n) is 10.5. The number of amides is 1. The Hall–Kier alpha value is -2.07. The van der Waals surface area contributed by atoms with Crippen LogP contribution < -0.4 is 10.6 Å². The summed E-state index contributed by atoms with van der Waals surface area (Å²) < 4.78 is 5.16. The van der Waals surface area contributed by atoms with Crippen LogP contribution in [0.25, 0.3) is 0 Å². The van der Waals surface area contributed by atoms with E-state index in [0.29, 0.717) is 12.1 Å². The molecule has 1 aromatic heterocycles. The minimum Gasteiger partial charge on any atom is -0.469 e. The standard InChI is InChI=1S/C14H16N2O2/c1-10-7-12(9-18-10)14(17)16(2)13-6-4-3-5-11(13)8-15/h3-7,9H,8,15H2,1-2H3. The predicted octanol–water partition coefficient (Wildman–Crippen LogP) is 2.32. The van der Waals surface area contributed by atoms with Gasteiger partial charge in [0.25, 0.3) is 5.91 Å². The summed E-state index contributed by atoms with van der Waals surface area (Å²) in [6.07, 6.45) is 1.47. The number of hydrogen-bond acceptors (Lipinski definition) is 3. The van der Waals surface area contributed by atoms with E-state index >= 15 is 0 Å². The average molecular weight is 244 g/mol. The van der Waals surface area contributed by atoms with Gasteiger partial charge in [-0.25, -0.2) is 0 Å². The summed E-state index contributed by atoms with van der Waals surface area (Å²) >= 11 is 0. The number of para-hydroxylation sites is 1. The monoisotopic (exact) mass is 244 g/mol. The second-order valence-corrected chi connectivity index (χ2v) is 4.14. The molecule has 2 aromatic rings. The molecule has 0 fully saturated rings. The molecule has 1 aromatic carbocycles. The highest BCUT2D eigenvalue weighted by Crippen LogP contribution is 2.21. The third-order valence-electron chi connectivity index (χ3n) is 2.86. The fraction of sp³-hybridized carbons (Fsp3) is 0.214. The van der Waals surface area contributed by atoms with Crippen LogP contribution in [0.4, 0.5) is 5.69 Å². The quantitative estimate of drug-likeness (QED) is 0.901. The smallest absolute Gasteiger partial charge is 0.261 e. The van der Waals surface area contributed by atoms with E-state index in [1.165, 1.54) is 6.26 Å². The largest absolute Gasteiger partial charge is 0.469 e. The molecule has 1 heterocycles. The van der Waals surface area contributed by atoms with Gasteiger partial charge >= 0.3 is 0 Å². The van der Waals surface area contributed by atoms with Crippen molar-refractivity contribution in [3.8, 4) is 0 Å². The van der Waals surface area contributed by atoms with E-state index in [1.807, 2.05) is 31.2 Å². The molecule has 4 nitrogen and oxygen atoms in total. The van der Waals surface area contributed by atoms with E-state index in [-0.39, 0.29) is 5.91 Å². The summed E-state index contributed by atoms with van der Waals surface area (Å²) in [5.74, 6) is 0.617. The number of carbonyl (C=O) groups excluding carboxylic acids is 1. The highest BCUT2D eigenvalue weighted by molar-refractivity contribution is 6.06. The van der Waals surface area contributed by atoms with Crippen molar-refractivity contribution >= 4 is 11.6 Å². The van der Waals surface area contributed by atoms with Crippen molar-refractivity contribution in [1.29, 1.82) is 0 Å². The SMILES string of the molecule is Cc1cc(C(=O)N(C)c2ccccc2CN)co1. The summed E-state index contributed by atoms with van der Waals surface area (Å²) in [6.45, 7) is 2.21. The number of furan rings is 1. The first-order valence-corrected chi connectivity index (χ1v) is 5.74. The molecular formula is C14H16N2O2. The minimum atomic E-state index is -0.104. The van der Waals surface area contributed by atoms with Crippen molar-refractivity contribution in [1.82, 2.24) is 0 Å². The summed E-state index contributed by atoms with van der Waals surface area (Å²) in [4.78, 5) is 13.8. The number of hydrogen-bond donors (Lipinski definition) is 1. The maximum Gasteiger partial charge on any atom is 0.261 e. The fourth-order valence-electron chi connectivity index (χ4n) is 1.87. The minimum absolute atomic E-state index is 0.104. The Morgan fingerprint density at radius 1 is 1.39 bits per heavy atom.